The van der Waals surface area contributed by atoms with E-state index in [9.17, 15) is 4.79 Å². The number of carbonyl (C=O) groups excluding carboxylic acids is 1. The molecule has 3 rings (SSSR count). The average molecular weight is 299 g/mol. The zero-order valence-electron chi connectivity index (χ0n) is 11.3. The summed E-state index contributed by atoms with van der Waals surface area (Å²) >= 11 is 5.19. The molecule has 0 radical (unpaired) electrons. The van der Waals surface area contributed by atoms with Crippen molar-refractivity contribution in [3.8, 4) is 11.5 Å². The van der Waals surface area contributed by atoms with Crippen molar-refractivity contribution < 1.29 is 9.53 Å². The fourth-order valence-corrected chi connectivity index (χ4v) is 2.45. The molecule has 0 bridgehead atoms. The molecule has 1 saturated heterocycles. The van der Waals surface area contributed by atoms with Crippen LogP contribution >= 0.6 is 12.2 Å². The molecule has 2 aromatic rings. The lowest BCUT2D eigenvalue weighted by molar-refractivity contribution is -0.117. The minimum Gasteiger partial charge on any atom is -0.457 e. The third-order valence-corrected chi connectivity index (χ3v) is 3.40. The van der Waals surface area contributed by atoms with E-state index in [4.69, 9.17) is 17.0 Å². The van der Waals surface area contributed by atoms with Crippen LogP contribution in [0.3, 0.4) is 0 Å². The first kappa shape index (κ1) is 13.5. The lowest BCUT2D eigenvalue weighted by Gasteiger charge is -2.16. The quantitative estimate of drug-likeness (QED) is 0.883. The van der Waals surface area contributed by atoms with Gasteiger partial charge in [-0.3, -0.25) is 14.7 Å². The molecule has 0 aliphatic carbocycles. The summed E-state index contributed by atoms with van der Waals surface area (Å²) in [6, 6.07) is 10.5. The Morgan fingerprint density at radius 3 is 2.67 bits per heavy atom. The van der Waals surface area contributed by atoms with Crippen LogP contribution in [0.4, 0.5) is 5.69 Å². The lowest BCUT2D eigenvalue weighted by atomic mass is 10.2. The molecule has 0 saturated carbocycles. The fourth-order valence-electron chi connectivity index (χ4n) is 2.08. The van der Waals surface area contributed by atoms with Gasteiger partial charge in [-0.25, -0.2) is 0 Å². The minimum atomic E-state index is -0.303. The Morgan fingerprint density at radius 2 is 2.00 bits per heavy atom. The number of anilines is 1. The summed E-state index contributed by atoms with van der Waals surface area (Å²) in [7, 11) is 0. The van der Waals surface area contributed by atoms with Crippen molar-refractivity contribution in [1.82, 2.24) is 10.3 Å². The van der Waals surface area contributed by atoms with Gasteiger partial charge in [0.1, 0.15) is 17.5 Å². The van der Waals surface area contributed by atoms with Crippen molar-refractivity contribution in [3.05, 3.63) is 48.8 Å². The molecule has 1 fully saturated rings. The molecule has 5 nitrogen and oxygen atoms in total. The summed E-state index contributed by atoms with van der Waals surface area (Å²) in [5.74, 6) is 1.25. The number of hydrogen-bond acceptors (Lipinski definition) is 4. The summed E-state index contributed by atoms with van der Waals surface area (Å²) in [5, 5.41) is 3.35. The van der Waals surface area contributed by atoms with E-state index >= 15 is 0 Å². The van der Waals surface area contributed by atoms with Gasteiger partial charge in [0.05, 0.1) is 5.69 Å². The van der Waals surface area contributed by atoms with Crippen molar-refractivity contribution >= 4 is 28.9 Å². The number of nitrogens with zero attached hydrogens (tertiary/aromatic N) is 2. The van der Waals surface area contributed by atoms with E-state index < -0.39 is 0 Å². The zero-order chi connectivity index (χ0) is 14.8. The Morgan fingerprint density at radius 1 is 1.24 bits per heavy atom. The molecule has 21 heavy (non-hydrogen) atoms. The number of nitrogens with one attached hydrogen (secondary N) is 1. The van der Waals surface area contributed by atoms with E-state index in [2.05, 4.69) is 10.3 Å². The molecule has 106 valence electrons. The molecule has 1 N–H and O–H groups in total. The van der Waals surface area contributed by atoms with Gasteiger partial charge in [-0.15, -0.1) is 0 Å². The number of ether oxygens (including phenoxy) is 1. The van der Waals surface area contributed by atoms with Gasteiger partial charge in [-0.1, -0.05) is 6.07 Å². The number of hydrogen-bond donors (Lipinski definition) is 1. The van der Waals surface area contributed by atoms with Gasteiger partial charge in [0.25, 0.3) is 5.91 Å². The summed E-state index contributed by atoms with van der Waals surface area (Å²) < 4.78 is 5.73. The molecule has 2 heterocycles. The van der Waals surface area contributed by atoms with Gasteiger partial charge >= 0.3 is 0 Å². The maximum atomic E-state index is 12.1. The molecule has 1 amide bonds. The molecule has 0 unspecified atom stereocenters. The molecular formula is C15H13N3O2S. The number of thiocarbonyl (C=S) groups is 1. The van der Waals surface area contributed by atoms with Crippen molar-refractivity contribution in [3.63, 3.8) is 0 Å². The van der Waals surface area contributed by atoms with Gasteiger partial charge in [-0.05, 0) is 43.4 Å². The van der Waals surface area contributed by atoms with Gasteiger partial charge < -0.3 is 10.1 Å². The van der Waals surface area contributed by atoms with E-state index in [0.29, 0.717) is 22.3 Å². The molecule has 1 aliphatic heterocycles. The molecule has 0 spiro atoms. The number of benzene rings is 1. The van der Waals surface area contributed by atoms with E-state index in [-0.39, 0.29) is 11.9 Å². The zero-order valence-corrected chi connectivity index (χ0v) is 12.1. The predicted molar refractivity (Wildman–Crippen MR) is 83.4 cm³/mol. The number of pyridine rings is 1. The lowest BCUT2D eigenvalue weighted by Crippen LogP contribution is -2.30. The Hall–Kier alpha value is -2.47. The second-order valence-electron chi connectivity index (χ2n) is 4.63. The summed E-state index contributed by atoms with van der Waals surface area (Å²) in [5.41, 5.74) is 0.688. The summed E-state index contributed by atoms with van der Waals surface area (Å²) in [6.07, 6.45) is 3.31. The van der Waals surface area contributed by atoms with Crippen LogP contribution in [0.5, 0.6) is 11.5 Å². The maximum Gasteiger partial charge on any atom is 0.255 e. The van der Waals surface area contributed by atoms with Crippen molar-refractivity contribution in [2.45, 2.75) is 13.0 Å². The van der Waals surface area contributed by atoms with Crippen molar-refractivity contribution in [1.29, 1.82) is 0 Å². The van der Waals surface area contributed by atoms with E-state index in [1.165, 1.54) is 4.90 Å². The van der Waals surface area contributed by atoms with Crippen LogP contribution in [0.25, 0.3) is 0 Å². The largest absolute Gasteiger partial charge is 0.457 e. The Balaban J connectivity index is 1.87. The van der Waals surface area contributed by atoms with Gasteiger partial charge in [0.2, 0.25) is 0 Å². The summed E-state index contributed by atoms with van der Waals surface area (Å²) in [4.78, 5) is 17.5. The van der Waals surface area contributed by atoms with Crippen LogP contribution in [-0.2, 0) is 4.79 Å². The van der Waals surface area contributed by atoms with Crippen molar-refractivity contribution in [2.75, 3.05) is 4.90 Å². The maximum absolute atomic E-state index is 12.1. The molecule has 1 aliphatic rings. The van der Waals surface area contributed by atoms with Crippen LogP contribution in [0.15, 0.2) is 48.8 Å². The summed E-state index contributed by atoms with van der Waals surface area (Å²) in [6.45, 7) is 1.78. The smallest absolute Gasteiger partial charge is 0.255 e. The standard InChI is InChI=1S/C15H13N3O2S/c1-10-14(19)18(15(21)17-10)11-3-2-4-13(9-11)20-12-5-7-16-8-6-12/h2-10H,1H3,(H,17,21)/t10-/m0/s1. The minimum absolute atomic E-state index is 0.0685. The molecule has 6 heteroatoms. The highest BCUT2D eigenvalue weighted by Gasteiger charge is 2.33. The number of aromatic nitrogens is 1. The Labute approximate surface area is 127 Å². The third kappa shape index (κ3) is 2.71. The first-order valence-corrected chi connectivity index (χ1v) is 6.88. The van der Waals surface area contributed by atoms with Gasteiger partial charge in [-0.2, -0.15) is 0 Å². The van der Waals surface area contributed by atoms with Gasteiger partial charge in [0, 0.05) is 18.5 Å². The SMILES string of the molecule is C[C@@H]1NC(=S)N(c2cccc(Oc3ccncc3)c2)C1=O. The van der Waals surface area contributed by atoms with E-state index in [0.717, 1.165) is 0 Å². The van der Waals surface area contributed by atoms with Gasteiger partial charge in [0.15, 0.2) is 5.11 Å². The first-order chi connectivity index (χ1) is 10.1. The van der Waals surface area contributed by atoms with Crippen molar-refractivity contribution in [2.24, 2.45) is 0 Å². The highest BCUT2D eigenvalue weighted by molar-refractivity contribution is 7.80. The van der Waals surface area contributed by atoms with Crippen LogP contribution in [0.1, 0.15) is 6.92 Å². The Kier molecular flexibility index (Phi) is 3.53. The number of amides is 1. The molecule has 1 atom stereocenters. The van der Waals surface area contributed by atoms with Crippen LogP contribution in [0, 0.1) is 0 Å². The van der Waals surface area contributed by atoms with Crippen LogP contribution in [0.2, 0.25) is 0 Å². The molecule has 1 aromatic carbocycles. The first-order valence-electron chi connectivity index (χ1n) is 6.47. The predicted octanol–water partition coefficient (Wildman–Crippen LogP) is 2.48. The van der Waals surface area contributed by atoms with Crippen LogP contribution < -0.4 is 15.0 Å². The Bertz CT molecular complexity index is 690. The second kappa shape index (κ2) is 5.49. The number of rotatable bonds is 3. The molecular weight excluding hydrogens is 286 g/mol. The van der Waals surface area contributed by atoms with E-state index in [1.807, 2.05) is 18.2 Å². The number of carbonyl (C=O) groups is 1. The fraction of sp³-hybridized carbons (Fsp3) is 0.133. The third-order valence-electron chi connectivity index (χ3n) is 3.10. The second-order valence-corrected chi connectivity index (χ2v) is 5.01. The molecule has 1 aromatic heterocycles. The highest BCUT2D eigenvalue weighted by Crippen LogP contribution is 2.27. The topological polar surface area (TPSA) is 54.5 Å². The van der Waals surface area contributed by atoms with Crippen LogP contribution in [-0.4, -0.2) is 22.0 Å². The monoisotopic (exact) mass is 299 g/mol. The van der Waals surface area contributed by atoms with E-state index in [1.54, 1.807) is 37.5 Å². The highest BCUT2D eigenvalue weighted by atomic mass is 32.1. The average Bonchev–Trinajstić information content (AvgIpc) is 2.73. The normalized spacial score (nSPS) is 17.8.